The maximum absolute atomic E-state index is 13.7. The Balaban J connectivity index is 1.46. The first kappa shape index (κ1) is 25.2. The van der Waals surface area contributed by atoms with Crippen molar-refractivity contribution in [2.75, 3.05) is 20.6 Å². The molecular weight excluding hydrogens is 478 g/mol. The number of carbonyl (C=O) groups excluding carboxylic acids is 1. The molecule has 8 heteroatoms. The quantitative estimate of drug-likeness (QED) is 0.638. The molecular formula is C28H36ClN3O4. The number of aromatic nitrogens is 1. The van der Waals surface area contributed by atoms with Gasteiger partial charge < -0.3 is 24.3 Å². The van der Waals surface area contributed by atoms with E-state index in [-0.39, 0.29) is 23.9 Å². The smallest absolute Gasteiger partial charge is 0.254 e. The number of ether oxygens (including phenoxy) is 2. The van der Waals surface area contributed by atoms with Crippen LogP contribution in [0.3, 0.4) is 0 Å². The summed E-state index contributed by atoms with van der Waals surface area (Å²) < 4.78 is 13.0. The summed E-state index contributed by atoms with van der Waals surface area (Å²) in [6.45, 7) is 8.44. The summed E-state index contributed by atoms with van der Waals surface area (Å²) in [5, 5.41) is 0.478. The SMILES string of the molecule is Cc1cc(C)c(CN2CCc3c(Cl)c4c(c(C)c3C2=O)OC(C)([C@@H]2CCC[C@H](N(C)C)C2)O4)c(=O)[nH]1. The number of fused-ring (bicyclic) bond motifs is 2. The van der Waals surface area contributed by atoms with Crippen LogP contribution in [0.4, 0.5) is 0 Å². The van der Waals surface area contributed by atoms with Crippen LogP contribution in [0.1, 0.15) is 70.9 Å². The summed E-state index contributed by atoms with van der Waals surface area (Å²) in [7, 11) is 4.25. The van der Waals surface area contributed by atoms with Crippen molar-refractivity contribution in [3.63, 3.8) is 0 Å². The first-order valence-electron chi connectivity index (χ1n) is 12.9. The van der Waals surface area contributed by atoms with Crippen molar-refractivity contribution in [2.24, 2.45) is 5.92 Å². The fourth-order valence-electron chi connectivity index (χ4n) is 6.22. The lowest BCUT2D eigenvalue weighted by Gasteiger charge is -2.39. The number of hydrogen-bond donors (Lipinski definition) is 1. The maximum atomic E-state index is 13.7. The minimum absolute atomic E-state index is 0.125. The number of H-pyrrole nitrogens is 1. The van der Waals surface area contributed by atoms with Crippen LogP contribution in [0.25, 0.3) is 0 Å². The highest BCUT2D eigenvalue weighted by Gasteiger charge is 2.49. The standard InChI is InChI=1S/C28H36ClN3O4/c1-15-12-16(2)30-26(33)21(15)14-32-11-10-20-22(27(32)34)17(3)24-25(23(20)29)36-28(4,35-24)18-8-7-9-19(13-18)31(5)6/h12,18-19H,7-11,13-14H2,1-6H3,(H,30,33)/t18-,19+,28?/m1/s1. The van der Waals surface area contributed by atoms with Gasteiger partial charge in [0.25, 0.3) is 17.3 Å². The third kappa shape index (κ3) is 4.10. The van der Waals surface area contributed by atoms with Crippen LogP contribution < -0.4 is 15.0 Å². The van der Waals surface area contributed by atoms with Gasteiger partial charge in [0.05, 0.1) is 17.1 Å². The normalized spacial score (nSPS) is 25.4. The van der Waals surface area contributed by atoms with Crippen molar-refractivity contribution >= 4 is 17.5 Å². The maximum Gasteiger partial charge on any atom is 0.254 e. The zero-order valence-corrected chi connectivity index (χ0v) is 22.8. The number of amides is 1. The molecule has 1 amide bonds. The Hall–Kier alpha value is -2.51. The van der Waals surface area contributed by atoms with Crippen LogP contribution >= 0.6 is 11.6 Å². The molecule has 1 aromatic heterocycles. The van der Waals surface area contributed by atoms with Crippen molar-refractivity contribution < 1.29 is 14.3 Å². The first-order valence-corrected chi connectivity index (χ1v) is 13.3. The molecule has 0 radical (unpaired) electrons. The lowest BCUT2D eigenvalue weighted by molar-refractivity contribution is -0.125. The second-order valence-electron chi connectivity index (χ2n) is 11.1. The second-order valence-corrected chi connectivity index (χ2v) is 11.4. The number of halogens is 1. The van der Waals surface area contributed by atoms with Gasteiger partial charge in [-0.05, 0) is 77.7 Å². The van der Waals surface area contributed by atoms with Crippen LogP contribution in [0, 0.1) is 26.7 Å². The van der Waals surface area contributed by atoms with Crippen molar-refractivity contribution in [1.82, 2.24) is 14.8 Å². The minimum atomic E-state index is -0.815. The number of nitrogens with zero attached hydrogens (tertiary/aromatic N) is 2. The van der Waals surface area contributed by atoms with Gasteiger partial charge in [0.2, 0.25) is 0 Å². The Morgan fingerprint density at radius 1 is 1.17 bits per heavy atom. The Bertz CT molecular complexity index is 1290. The van der Waals surface area contributed by atoms with Crippen LogP contribution in [0.2, 0.25) is 5.02 Å². The van der Waals surface area contributed by atoms with Gasteiger partial charge in [0, 0.05) is 42.2 Å². The summed E-state index contributed by atoms with van der Waals surface area (Å²) in [4.78, 5) is 33.2. The number of pyridine rings is 1. The number of rotatable bonds is 4. The summed E-state index contributed by atoms with van der Waals surface area (Å²) in [6.07, 6.45) is 4.92. The van der Waals surface area contributed by atoms with Gasteiger partial charge in [-0.2, -0.15) is 0 Å². The molecule has 1 saturated carbocycles. The number of carbonyl (C=O) groups is 1. The number of hydrogen-bond acceptors (Lipinski definition) is 5. The van der Waals surface area contributed by atoms with Gasteiger partial charge in [0.1, 0.15) is 0 Å². The fourth-order valence-corrected chi connectivity index (χ4v) is 6.54. The zero-order chi connectivity index (χ0) is 25.9. The third-order valence-electron chi connectivity index (χ3n) is 8.39. The predicted molar refractivity (Wildman–Crippen MR) is 140 cm³/mol. The number of aromatic amines is 1. The van der Waals surface area contributed by atoms with Crippen LogP contribution in [-0.2, 0) is 13.0 Å². The van der Waals surface area contributed by atoms with Gasteiger partial charge >= 0.3 is 0 Å². The summed E-state index contributed by atoms with van der Waals surface area (Å²) >= 11 is 6.89. The van der Waals surface area contributed by atoms with E-state index in [1.165, 1.54) is 6.42 Å². The Morgan fingerprint density at radius 2 is 1.89 bits per heavy atom. The van der Waals surface area contributed by atoms with E-state index in [2.05, 4.69) is 24.0 Å². The van der Waals surface area contributed by atoms with Crippen molar-refractivity contribution in [2.45, 2.75) is 78.2 Å². The number of nitrogens with one attached hydrogen (secondary N) is 1. The molecule has 36 heavy (non-hydrogen) atoms. The summed E-state index contributed by atoms with van der Waals surface area (Å²) in [6, 6.07) is 2.43. The monoisotopic (exact) mass is 513 g/mol. The number of benzene rings is 1. The van der Waals surface area contributed by atoms with Gasteiger partial charge in [-0.1, -0.05) is 18.0 Å². The number of aryl methyl sites for hydroxylation is 2. The van der Waals surface area contributed by atoms with Gasteiger partial charge in [-0.15, -0.1) is 0 Å². The lowest BCUT2D eigenvalue weighted by Crippen LogP contribution is -2.48. The predicted octanol–water partition coefficient (Wildman–Crippen LogP) is 4.76. The molecule has 1 aliphatic carbocycles. The van der Waals surface area contributed by atoms with Crippen molar-refractivity contribution in [3.8, 4) is 11.5 Å². The molecule has 0 spiro atoms. The molecule has 1 unspecified atom stereocenters. The molecule has 3 heterocycles. The van der Waals surface area contributed by atoms with E-state index in [0.717, 1.165) is 41.6 Å². The molecule has 1 aromatic carbocycles. The van der Waals surface area contributed by atoms with E-state index in [0.29, 0.717) is 46.7 Å². The molecule has 1 fully saturated rings. The fraction of sp³-hybridized carbons (Fsp3) is 0.571. The summed E-state index contributed by atoms with van der Waals surface area (Å²) in [5.41, 5.74) is 4.31. The molecule has 0 bridgehead atoms. The molecule has 2 aliphatic heterocycles. The van der Waals surface area contributed by atoms with Gasteiger partial charge in [-0.3, -0.25) is 9.59 Å². The topological polar surface area (TPSA) is 74.9 Å². The highest BCUT2D eigenvalue weighted by atomic mass is 35.5. The third-order valence-corrected chi connectivity index (χ3v) is 8.79. The van der Waals surface area contributed by atoms with E-state index in [1.807, 2.05) is 33.8 Å². The Kier molecular flexibility index (Phi) is 6.36. The van der Waals surface area contributed by atoms with E-state index < -0.39 is 5.79 Å². The average Bonchev–Trinajstić information content (AvgIpc) is 3.20. The molecule has 2 aromatic rings. The summed E-state index contributed by atoms with van der Waals surface area (Å²) in [5.74, 6) is 0.425. The van der Waals surface area contributed by atoms with E-state index >= 15 is 0 Å². The minimum Gasteiger partial charge on any atom is -0.448 e. The second kappa shape index (κ2) is 9.10. The highest BCUT2D eigenvalue weighted by molar-refractivity contribution is 6.34. The van der Waals surface area contributed by atoms with E-state index in [4.69, 9.17) is 21.1 Å². The van der Waals surface area contributed by atoms with Crippen molar-refractivity contribution in [3.05, 3.63) is 55.0 Å². The van der Waals surface area contributed by atoms with Crippen LogP contribution in [-0.4, -0.2) is 53.2 Å². The van der Waals surface area contributed by atoms with Gasteiger partial charge in [0.15, 0.2) is 11.5 Å². The zero-order valence-electron chi connectivity index (χ0n) is 22.1. The molecule has 0 saturated heterocycles. The molecule has 3 atom stereocenters. The molecule has 7 nitrogen and oxygen atoms in total. The Morgan fingerprint density at radius 3 is 2.58 bits per heavy atom. The van der Waals surface area contributed by atoms with E-state index in [9.17, 15) is 9.59 Å². The van der Waals surface area contributed by atoms with Crippen LogP contribution in [0.5, 0.6) is 11.5 Å². The average molecular weight is 514 g/mol. The largest absolute Gasteiger partial charge is 0.448 e. The van der Waals surface area contributed by atoms with Crippen molar-refractivity contribution in [1.29, 1.82) is 0 Å². The Labute approximate surface area is 217 Å². The molecule has 194 valence electrons. The molecule has 5 rings (SSSR count). The lowest BCUT2D eigenvalue weighted by atomic mass is 9.80. The van der Waals surface area contributed by atoms with Crippen LogP contribution in [0.15, 0.2) is 10.9 Å². The highest BCUT2D eigenvalue weighted by Crippen LogP contribution is 2.54. The van der Waals surface area contributed by atoms with Gasteiger partial charge in [-0.25, -0.2) is 0 Å². The molecule has 1 N–H and O–H groups in total. The van der Waals surface area contributed by atoms with E-state index in [1.54, 1.807) is 4.90 Å². The first-order chi connectivity index (χ1) is 17.0. The molecule has 3 aliphatic rings.